The van der Waals surface area contributed by atoms with Gasteiger partial charge in [-0.15, -0.1) is 0 Å². The lowest BCUT2D eigenvalue weighted by molar-refractivity contribution is -0.384. The Hall–Kier alpha value is -4.07. The molecule has 1 amide bonds. The number of ether oxygens (including phenoxy) is 3. The lowest BCUT2D eigenvalue weighted by Gasteiger charge is -2.13. The van der Waals surface area contributed by atoms with E-state index in [2.05, 4.69) is 5.32 Å². The predicted molar refractivity (Wildman–Crippen MR) is 107 cm³/mol. The maximum absolute atomic E-state index is 12.9. The highest BCUT2D eigenvalue weighted by atomic mass is 16.6. The standard InChI is InChI=1S/C21H18N2O6/c1-27-17-10-14(11-18(13-17)28-2)22-21(24)19-12-15(23(25)26)8-9-20(19)29-16-6-4-3-5-7-16/h3-13H,1-2H3,(H,22,24). The minimum absolute atomic E-state index is 0.0184. The third-order valence-corrected chi connectivity index (χ3v) is 4.00. The van der Waals surface area contributed by atoms with E-state index >= 15 is 0 Å². The third-order valence-electron chi connectivity index (χ3n) is 4.00. The SMILES string of the molecule is COc1cc(NC(=O)c2cc([N+](=O)[O-])ccc2Oc2ccccc2)cc(OC)c1. The van der Waals surface area contributed by atoms with E-state index in [1.54, 1.807) is 42.5 Å². The second-order valence-electron chi connectivity index (χ2n) is 5.91. The number of rotatable bonds is 7. The third kappa shape index (κ3) is 4.81. The number of carbonyl (C=O) groups excluding carboxylic acids is 1. The number of nitro benzene ring substituents is 1. The number of nitro groups is 1. The first-order valence-electron chi connectivity index (χ1n) is 8.56. The molecule has 0 spiro atoms. The second kappa shape index (κ2) is 8.75. The van der Waals surface area contributed by atoms with Crippen LogP contribution in [0.25, 0.3) is 0 Å². The fourth-order valence-corrected chi connectivity index (χ4v) is 2.59. The normalized spacial score (nSPS) is 10.1. The number of hydrogen-bond acceptors (Lipinski definition) is 6. The highest BCUT2D eigenvalue weighted by Gasteiger charge is 2.19. The quantitative estimate of drug-likeness (QED) is 0.462. The fourth-order valence-electron chi connectivity index (χ4n) is 2.59. The van der Waals surface area contributed by atoms with Crippen molar-refractivity contribution < 1.29 is 23.9 Å². The van der Waals surface area contributed by atoms with Gasteiger partial charge in [0.2, 0.25) is 0 Å². The average molecular weight is 394 g/mol. The minimum atomic E-state index is -0.574. The molecule has 0 fully saturated rings. The van der Waals surface area contributed by atoms with Crippen molar-refractivity contribution in [2.75, 3.05) is 19.5 Å². The molecular formula is C21H18N2O6. The summed E-state index contributed by atoms with van der Waals surface area (Å²) in [7, 11) is 2.99. The molecule has 8 heteroatoms. The maximum Gasteiger partial charge on any atom is 0.270 e. The molecule has 0 saturated heterocycles. The van der Waals surface area contributed by atoms with Crippen LogP contribution in [0.2, 0.25) is 0 Å². The molecule has 0 heterocycles. The predicted octanol–water partition coefficient (Wildman–Crippen LogP) is 4.66. The van der Waals surface area contributed by atoms with Gasteiger partial charge in [-0.2, -0.15) is 0 Å². The van der Waals surface area contributed by atoms with E-state index in [4.69, 9.17) is 14.2 Å². The summed E-state index contributed by atoms with van der Waals surface area (Å²) in [5.74, 6) is 1.08. The van der Waals surface area contributed by atoms with Crippen LogP contribution in [-0.4, -0.2) is 25.1 Å². The number of nitrogens with one attached hydrogen (secondary N) is 1. The van der Waals surface area contributed by atoms with Crippen LogP contribution in [0.4, 0.5) is 11.4 Å². The molecule has 0 atom stereocenters. The number of methoxy groups -OCH3 is 2. The summed E-state index contributed by atoms with van der Waals surface area (Å²) in [6.07, 6.45) is 0. The summed E-state index contributed by atoms with van der Waals surface area (Å²) in [6.45, 7) is 0. The van der Waals surface area contributed by atoms with Gasteiger partial charge in [-0.3, -0.25) is 14.9 Å². The lowest BCUT2D eigenvalue weighted by atomic mass is 10.1. The second-order valence-corrected chi connectivity index (χ2v) is 5.91. The van der Waals surface area contributed by atoms with Crippen LogP contribution in [0.15, 0.2) is 66.7 Å². The summed E-state index contributed by atoms with van der Waals surface area (Å²) in [5.41, 5.74) is 0.201. The van der Waals surface area contributed by atoms with Gasteiger partial charge in [0.25, 0.3) is 11.6 Å². The first-order chi connectivity index (χ1) is 14.0. The molecule has 0 aliphatic heterocycles. The minimum Gasteiger partial charge on any atom is -0.497 e. The number of non-ortho nitro benzene ring substituents is 1. The maximum atomic E-state index is 12.9. The van der Waals surface area contributed by atoms with Crippen LogP contribution in [-0.2, 0) is 0 Å². The van der Waals surface area contributed by atoms with Crippen molar-refractivity contribution in [1.29, 1.82) is 0 Å². The van der Waals surface area contributed by atoms with Crippen molar-refractivity contribution in [3.05, 3.63) is 82.4 Å². The van der Waals surface area contributed by atoms with Crippen molar-refractivity contribution in [3.8, 4) is 23.0 Å². The first-order valence-corrected chi connectivity index (χ1v) is 8.56. The Morgan fingerprint density at radius 3 is 2.14 bits per heavy atom. The van der Waals surface area contributed by atoms with Gasteiger partial charge in [-0.05, 0) is 18.2 Å². The van der Waals surface area contributed by atoms with Gasteiger partial charge in [0.05, 0.1) is 24.7 Å². The van der Waals surface area contributed by atoms with E-state index in [1.807, 2.05) is 6.07 Å². The van der Waals surface area contributed by atoms with Gasteiger partial charge in [-0.1, -0.05) is 18.2 Å². The molecule has 0 radical (unpaired) electrons. The molecule has 1 N–H and O–H groups in total. The molecule has 0 bridgehead atoms. The van der Waals surface area contributed by atoms with Gasteiger partial charge in [-0.25, -0.2) is 0 Å². The van der Waals surface area contributed by atoms with Crippen molar-refractivity contribution in [2.45, 2.75) is 0 Å². The van der Waals surface area contributed by atoms with Gasteiger partial charge >= 0.3 is 0 Å². The molecule has 0 unspecified atom stereocenters. The van der Waals surface area contributed by atoms with E-state index in [0.29, 0.717) is 22.9 Å². The van der Waals surface area contributed by atoms with Crippen molar-refractivity contribution in [3.63, 3.8) is 0 Å². The topological polar surface area (TPSA) is 99.9 Å². The van der Waals surface area contributed by atoms with E-state index in [1.165, 1.54) is 32.4 Å². The molecular weight excluding hydrogens is 376 g/mol. The van der Waals surface area contributed by atoms with Gasteiger partial charge in [0.1, 0.15) is 23.0 Å². The Labute approximate surface area is 166 Å². The van der Waals surface area contributed by atoms with E-state index in [-0.39, 0.29) is 17.0 Å². The average Bonchev–Trinajstić information content (AvgIpc) is 2.74. The van der Waals surface area contributed by atoms with Crippen LogP contribution in [0, 0.1) is 10.1 Å². The van der Waals surface area contributed by atoms with Crippen LogP contribution < -0.4 is 19.5 Å². The number of hydrogen-bond donors (Lipinski definition) is 1. The molecule has 8 nitrogen and oxygen atoms in total. The molecule has 3 aromatic rings. The van der Waals surface area contributed by atoms with Gasteiger partial charge in [0, 0.05) is 36.0 Å². The molecule has 3 rings (SSSR count). The molecule has 0 aliphatic carbocycles. The van der Waals surface area contributed by atoms with Crippen LogP contribution in [0.3, 0.4) is 0 Å². The summed E-state index contributed by atoms with van der Waals surface area (Å²) in [4.78, 5) is 23.5. The lowest BCUT2D eigenvalue weighted by Crippen LogP contribution is -2.13. The van der Waals surface area contributed by atoms with Crippen molar-refractivity contribution in [2.24, 2.45) is 0 Å². The zero-order valence-electron chi connectivity index (χ0n) is 15.7. The van der Waals surface area contributed by atoms with E-state index in [0.717, 1.165) is 0 Å². The Kier molecular flexibility index (Phi) is 5.94. The van der Waals surface area contributed by atoms with Gasteiger partial charge < -0.3 is 19.5 Å². The van der Waals surface area contributed by atoms with Crippen LogP contribution in [0.1, 0.15) is 10.4 Å². The number of benzene rings is 3. The number of carbonyl (C=O) groups is 1. The van der Waals surface area contributed by atoms with Crippen LogP contribution >= 0.6 is 0 Å². The first kappa shape index (κ1) is 19.7. The Morgan fingerprint density at radius 1 is 0.897 bits per heavy atom. The highest BCUT2D eigenvalue weighted by Crippen LogP contribution is 2.31. The molecule has 148 valence electrons. The summed E-state index contributed by atoms with van der Waals surface area (Å²) < 4.78 is 16.1. The van der Waals surface area contributed by atoms with Crippen molar-refractivity contribution >= 4 is 17.3 Å². The van der Waals surface area contributed by atoms with Crippen LogP contribution in [0.5, 0.6) is 23.0 Å². The summed E-state index contributed by atoms with van der Waals surface area (Å²) in [6, 6.07) is 17.5. The number of amides is 1. The molecule has 3 aromatic carbocycles. The number of nitrogens with zero attached hydrogens (tertiary/aromatic N) is 1. The largest absolute Gasteiger partial charge is 0.497 e. The molecule has 0 saturated carbocycles. The number of para-hydroxylation sites is 1. The zero-order chi connectivity index (χ0) is 20.8. The Morgan fingerprint density at radius 2 is 1.55 bits per heavy atom. The smallest absolute Gasteiger partial charge is 0.270 e. The molecule has 0 aliphatic rings. The summed E-state index contributed by atoms with van der Waals surface area (Å²) in [5, 5.41) is 13.9. The monoisotopic (exact) mass is 394 g/mol. The summed E-state index contributed by atoms with van der Waals surface area (Å²) >= 11 is 0. The van der Waals surface area contributed by atoms with E-state index in [9.17, 15) is 14.9 Å². The Bertz CT molecular complexity index is 1010. The van der Waals surface area contributed by atoms with Gasteiger partial charge in [0.15, 0.2) is 0 Å². The van der Waals surface area contributed by atoms with E-state index < -0.39 is 10.8 Å². The van der Waals surface area contributed by atoms with Crippen molar-refractivity contribution in [1.82, 2.24) is 0 Å². The molecule has 0 aromatic heterocycles. The molecule has 29 heavy (non-hydrogen) atoms. The fraction of sp³-hybridized carbons (Fsp3) is 0.0952. The number of anilines is 1. The zero-order valence-corrected chi connectivity index (χ0v) is 15.7. The highest BCUT2D eigenvalue weighted by molar-refractivity contribution is 6.06. The Balaban J connectivity index is 1.96.